The fourth-order valence-corrected chi connectivity index (χ4v) is 7.70. The molecular formula is C34H26N6O15S4. The summed E-state index contributed by atoms with van der Waals surface area (Å²) in [4.78, 5) is 3.39. The van der Waals surface area contributed by atoms with Crippen molar-refractivity contribution in [1.29, 1.82) is 0 Å². The predicted molar refractivity (Wildman–Crippen MR) is 211 cm³/mol. The van der Waals surface area contributed by atoms with E-state index in [9.17, 15) is 31.0 Å². The zero-order valence-corrected chi connectivity index (χ0v) is 32.8. The van der Waals surface area contributed by atoms with Crippen LogP contribution in [0.2, 0.25) is 0 Å². The van der Waals surface area contributed by atoms with Crippen LogP contribution in [0.1, 0.15) is 0 Å². The molecule has 0 saturated carbocycles. The fourth-order valence-electron chi connectivity index (χ4n) is 5.32. The van der Waals surface area contributed by atoms with Crippen LogP contribution in [0.3, 0.4) is 0 Å². The molecule has 0 atom stereocenters. The Bertz CT molecular complexity index is 2870. The molecule has 6 aromatic rings. The topological polar surface area (TPSA) is 313 Å². The van der Waals surface area contributed by atoms with Gasteiger partial charge >= 0.3 is 0 Å². The molecule has 0 unspecified atom stereocenters. The molecule has 0 aliphatic heterocycles. The maximum Gasteiger partial charge on any atom is 0.296 e. The van der Waals surface area contributed by atoms with Crippen LogP contribution in [-0.4, -0.2) is 55.1 Å². The van der Waals surface area contributed by atoms with Crippen molar-refractivity contribution in [3.63, 3.8) is 0 Å². The van der Waals surface area contributed by atoms with E-state index in [0.717, 1.165) is 24.6 Å². The zero-order chi connectivity index (χ0) is 42.3. The molecule has 306 valence electrons. The highest BCUT2D eigenvalue weighted by molar-refractivity contribution is 7.95. The Morgan fingerprint density at radius 2 is 1.41 bits per heavy atom. The standard InChI is InChI=1S/C34H26N6O15S4/c1-50-29-16-27(38-37-20-8-7-18-9-22(56-54-52-42)13-31(23(18)12-20)58(44,45)46)26(36-17-51-21-5-3-2-4-6-21)15-28(29)39-40-33-30(57-55-53-43)10-19-11-32(59(47,48)49)25(35)14-24(19)34(33)41/h2-17,41-43H,35H2,1H3,(H,44,45,46)(H,47,48,49)/b36-17-,38-37?,40-39?. The van der Waals surface area contributed by atoms with Gasteiger partial charge in [-0.05, 0) is 71.4 Å². The van der Waals surface area contributed by atoms with Gasteiger partial charge in [-0.1, -0.05) is 34.3 Å². The van der Waals surface area contributed by atoms with Gasteiger partial charge < -0.3 is 20.3 Å². The number of fused-ring (bicyclic) bond motifs is 2. The van der Waals surface area contributed by atoms with Gasteiger partial charge in [0.1, 0.15) is 38.4 Å². The number of methoxy groups -OCH3 is 1. The van der Waals surface area contributed by atoms with Gasteiger partial charge in [-0.3, -0.25) is 9.11 Å². The number of nitrogen functional groups attached to an aromatic ring is 1. The van der Waals surface area contributed by atoms with E-state index in [1.165, 1.54) is 49.6 Å². The molecule has 0 spiro atoms. The number of ether oxygens (including phenoxy) is 2. The molecule has 7 N–H and O–H groups in total. The molecule has 0 aliphatic carbocycles. The van der Waals surface area contributed by atoms with E-state index in [4.69, 9.17) is 25.7 Å². The van der Waals surface area contributed by atoms with E-state index < -0.39 is 35.8 Å². The summed E-state index contributed by atoms with van der Waals surface area (Å²) in [6, 6.07) is 21.8. The second-order valence-electron chi connectivity index (χ2n) is 11.5. The van der Waals surface area contributed by atoms with Crippen molar-refractivity contribution < 1.29 is 69.8 Å². The van der Waals surface area contributed by atoms with E-state index in [1.807, 2.05) is 0 Å². The summed E-state index contributed by atoms with van der Waals surface area (Å²) in [5.74, 6) is -0.0490. The Labute approximate surface area is 341 Å². The van der Waals surface area contributed by atoms with E-state index in [0.29, 0.717) is 35.2 Å². The number of aromatic hydroxyl groups is 1. The maximum absolute atomic E-state index is 12.3. The Morgan fingerprint density at radius 3 is 2.10 bits per heavy atom. The molecule has 0 radical (unpaired) electrons. The first-order valence-electron chi connectivity index (χ1n) is 15.9. The first-order valence-corrected chi connectivity index (χ1v) is 20.3. The van der Waals surface area contributed by atoms with Gasteiger partial charge in [-0.2, -0.15) is 21.9 Å². The summed E-state index contributed by atoms with van der Waals surface area (Å²) in [7, 11) is -8.19. The van der Waals surface area contributed by atoms with Crippen LogP contribution in [-0.2, 0) is 39.0 Å². The molecule has 0 aromatic heterocycles. The van der Waals surface area contributed by atoms with Gasteiger partial charge in [0.2, 0.25) is 0 Å². The van der Waals surface area contributed by atoms with Crippen LogP contribution >= 0.6 is 24.1 Å². The number of phenols is 1. The average molecular weight is 887 g/mol. The van der Waals surface area contributed by atoms with Crippen molar-refractivity contribution in [2.24, 2.45) is 25.4 Å². The lowest BCUT2D eigenvalue weighted by Gasteiger charge is -2.12. The lowest BCUT2D eigenvalue weighted by atomic mass is 10.1. The summed E-state index contributed by atoms with van der Waals surface area (Å²) < 4.78 is 88.0. The number of aliphatic imine (C=N–C) groups is 1. The molecular weight excluding hydrogens is 861 g/mol. The molecule has 21 nitrogen and oxygen atoms in total. The van der Waals surface area contributed by atoms with Gasteiger partial charge in [0.05, 0.1) is 53.2 Å². The van der Waals surface area contributed by atoms with Crippen molar-refractivity contribution in [3.8, 4) is 17.2 Å². The molecule has 6 aromatic carbocycles. The Balaban J connectivity index is 1.44. The van der Waals surface area contributed by atoms with E-state index in [1.54, 1.807) is 30.3 Å². The number of hydrogen-bond acceptors (Lipinski definition) is 21. The number of benzene rings is 6. The lowest BCUT2D eigenvalue weighted by molar-refractivity contribution is -0.432. The quantitative estimate of drug-likeness (QED) is 0.00770. The molecule has 0 heterocycles. The second-order valence-corrected chi connectivity index (χ2v) is 15.8. The number of phenolic OH excluding ortho intramolecular Hbond substituents is 1. The molecule has 0 saturated heterocycles. The van der Waals surface area contributed by atoms with Gasteiger partial charge in [0.15, 0.2) is 12.2 Å². The molecule has 6 rings (SSSR count). The zero-order valence-electron chi connectivity index (χ0n) is 29.5. The van der Waals surface area contributed by atoms with Crippen LogP contribution < -0.4 is 15.2 Å². The van der Waals surface area contributed by atoms with Crippen molar-refractivity contribution in [3.05, 3.63) is 91.0 Å². The van der Waals surface area contributed by atoms with Gasteiger partial charge in [-0.25, -0.2) is 15.5 Å². The molecule has 25 heteroatoms. The third-order valence-corrected chi connectivity index (χ3v) is 10.8. The van der Waals surface area contributed by atoms with Crippen LogP contribution in [0.15, 0.2) is 136 Å². The minimum Gasteiger partial charge on any atom is -0.505 e. The summed E-state index contributed by atoms with van der Waals surface area (Å²) in [5.41, 5.74) is 5.55. The molecule has 59 heavy (non-hydrogen) atoms. The average Bonchev–Trinajstić information content (AvgIpc) is 3.20. The van der Waals surface area contributed by atoms with Crippen LogP contribution in [0.5, 0.6) is 17.2 Å². The highest BCUT2D eigenvalue weighted by atomic mass is 32.2. The second kappa shape index (κ2) is 18.4. The van der Waals surface area contributed by atoms with Crippen molar-refractivity contribution in [2.45, 2.75) is 19.6 Å². The minimum absolute atomic E-state index is 0.00577. The SMILES string of the molecule is COc1cc(N=Nc2ccc3cc(SOOO)cc(S(=O)(=O)O)c3c2)c(/N=C\Oc2ccccc2)cc1N=Nc1c(SOOO)cc2cc(S(=O)(=O)O)c(N)cc2c1O. The smallest absolute Gasteiger partial charge is 0.296 e. The van der Waals surface area contributed by atoms with Crippen molar-refractivity contribution >= 4 is 106 Å². The third-order valence-electron chi connectivity index (χ3n) is 7.86. The number of anilines is 1. The summed E-state index contributed by atoms with van der Waals surface area (Å²) in [6.07, 6.45) is 1.12. The molecule has 0 aliphatic rings. The summed E-state index contributed by atoms with van der Waals surface area (Å²) in [5, 5.41) is 53.3. The number of nitrogens with two attached hydrogens (primary N) is 1. The van der Waals surface area contributed by atoms with Crippen molar-refractivity contribution in [2.75, 3.05) is 12.8 Å². The number of hydrogen-bond donors (Lipinski definition) is 6. The number of rotatable bonds is 16. The largest absolute Gasteiger partial charge is 0.505 e. The first-order chi connectivity index (χ1) is 28.2. The van der Waals surface area contributed by atoms with E-state index in [-0.39, 0.29) is 65.8 Å². The molecule has 0 amide bonds. The Hall–Kier alpha value is -5.81. The highest BCUT2D eigenvalue weighted by Gasteiger charge is 2.22. The van der Waals surface area contributed by atoms with E-state index in [2.05, 4.69) is 44.2 Å². The number of para-hydroxylation sites is 1. The van der Waals surface area contributed by atoms with Gasteiger partial charge in [-0.15, -0.1) is 24.0 Å². The fraction of sp³-hybridized carbons (Fsp3) is 0.0294. The summed E-state index contributed by atoms with van der Waals surface area (Å²) >= 11 is 0.862. The third kappa shape index (κ3) is 10.3. The van der Waals surface area contributed by atoms with Crippen molar-refractivity contribution in [1.82, 2.24) is 0 Å². The Kier molecular flexibility index (Phi) is 13.4. The van der Waals surface area contributed by atoms with Crippen LogP contribution in [0.25, 0.3) is 21.5 Å². The highest BCUT2D eigenvalue weighted by Crippen LogP contribution is 2.47. The first kappa shape index (κ1) is 42.8. The van der Waals surface area contributed by atoms with Gasteiger partial charge in [0.25, 0.3) is 20.2 Å². The van der Waals surface area contributed by atoms with Crippen LogP contribution in [0.4, 0.5) is 34.1 Å². The van der Waals surface area contributed by atoms with Gasteiger partial charge in [0, 0.05) is 21.7 Å². The molecule has 0 fully saturated rings. The lowest BCUT2D eigenvalue weighted by Crippen LogP contribution is -2.03. The molecule has 0 bridgehead atoms. The van der Waals surface area contributed by atoms with E-state index >= 15 is 0 Å². The Morgan fingerprint density at radius 1 is 0.695 bits per heavy atom. The maximum atomic E-state index is 12.3. The monoisotopic (exact) mass is 886 g/mol. The number of azo groups is 2. The normalized spacial score (nSPS) is 12.4. The predicted octanol–water partition coefficient (Wildman–Crippen LogP) is 9.21. The number of nitrogens with zero attached hydrogens (tertiary/aromatic N) is 5. The summed E-state index contributed by atoms with van der Waals surface area (Å²) in [6.45, 7) is 0. The van der Waals surface area contributed by atoms with Crippen LogP contribution in [0, 0.1) is 0 Å². The minimum atomic E-state index is -4.76.